The average molecular weight is 330 g/mol. The largest absolute Gasteiger partial charge is 0.388 e. The lowest BCUT2D eigenvalue weighted by atomic mass is 10.0. The lowest BCUT2D eigenvalue weighted by Gasteiger charge is -2.11. The molecule has 0 saturated carbocycles. The second-order valence-electron chi connectivity index (χ2n) is 4.24. The van der Waals surface area contributed by atoms with Gasteiger partial charge in [0.15, 0.2) is 0 Å². The average Bonchev–Trinajstić information content (AvgIpc) is 2.57. The van der Waals surface area contributed by atoms with Crippen LogP contribution in [0.15, 0.2) is 28.7 Å². The Labute approximate surface area is 120 Å². The molecule has 1 N–H and O–H groups in total. The molecule has 1 aromatic heterocycles. The van der Waals surface area contributed by atoms with Gasteiger partial charge < -0.3 is 5.11 Å². The molecule has 1 atom stereocenters. The van der Waals surface area contributed by atoms with Crippen molar-refractivity contribution in [1.29, 1.82) is 0 Å². The molecule has 18 heavy (non-hydrogen) atoms. The maximum Gasteiger partial charge on any atom is 0.0848 e. The van der Waals surface area contributed by atoms with Gasteiger partial charge in [-0.1, -0.05) is 39.7 Å². The highest BCUT2D eigenvalue weighted by Crippen LogP contribution is 2.26. The SMILES string of the molecule is Cc1nn(C)c(CC(O)c2ccc(Br)cc2)c1Cl. The fourth-order valence-corrected chi connectivity index (χ4v) is 2.39. The summed E-state index contributed by atoms with van der Waals surface area (Å²) in [5, 5.41) is 15.1. The van der Waals surface area contributed by atoms with Gasteiger partial charge in [0.05, 0.1) is 22.5 Å². The molecule has 3 nitrogen and oxygen atoms in total. The van der Waals surface area contributed by atoms with Gasteiger partial charge in [0, 0.05) is 17.9 Å². The molecule has 2 aromatic rings. The Bertz CT molecular complexity index is 551. The van der Waals surface area contributed by atoms with Crippen LogP contribution in [-0.4, -0.2) is 14.9 Å². The summed E-state index contributed by atoms with van der Waals surface area (Å²) in [4.78, 5) is 0. The maximum absolute atomic E-state index is 10.2. The van der Waals surface area contributed by atoms with Crippen LogP contribution >= 0.6 is 27.5 Å². The minimum absolute atomic E-state index is 0.456. The number of aliphatic hydroxyl groups excluding tert-OH is 1. The Morgan fingerprint density at radius 1 is 1.39 bits per heavy atom. The monoisotopic (exact) mass is 328 g/mol. The van der Waals surface area contributed by atoms with E-state index in [2.05, 4.69) is 21.0 Å². The van der Waals surface area contributed by atoms with Crippen LogP contribution in [-0.2, 0) is 13.5 Å². The topological polar surface area (TPSA) is 38.0 Å². The first-order valence-corrected chi connectivity index (χ1v) is 6.77. The van der Waals surface area contributed by atoms with Crippen LogP contribution in [0.5, 0.6) is 0 Å². The molecule has 96 valence electrons. The quantitative estimate of drug-likeness (QED) is 0.937. The molecule has 0 amide bonds. The molecule has 0 saturated heterocycles. The van der Waals surface area contributed by atoms with Crippen molar-refractivity contribution in [3.63, 3.8) is 0 Å². The summed E-state index contributed by atoms with van der Waals surface area (Å²) >= 11 is 9.54. The summed E-state index contributed by atoms with van der Waals surface area (Å²) in [5.41, 5.74) is 2.51. The minimum Gasteiger partial charge on any atom is -0.388 e. The number of hydrogen-bond donors (Lipinski definition) is 1. The van der Waals surface area contributed by atoms with Crippen molar-refractivity contribution in [3.05, 3.63) is 50.7 Å². The van der Waals surface area contributed by atoms with Crippen molar-refractivity contribution >= 4 is 27.5 Å². The van der Waals surface area contributed by atoms with E-state index in [1.54, 1.807) is 4.68 Å². The predicted molar refractivity (Wildman–Crippen MR) is 75.8 cm³/mol. The van der Waals surface area contributed by atoms with Crippen LogP contribution in [0.3, 0.4) is 0 Å². The highest BCUT2D eigenvalue weighted by Gasteiger charge is 2.16. The zero-order valence-electron chi connectivity index (χ0n) is 10.2. The van der Waals surface area contributed by atoms with E-state index in [9.17, 15) is 5.11 Å². The van der Waals surface area contributed by atoms with Crippen molar-refractivity contribution in [2.75, 3.05) is 0 Å². The molecule has 0 fully saturated rings. The van der Waals surface area contributed by atoms with Gasteiger partial charge in [-0.25, -0.2) is 0 Å². The molecular formula is C13H14BrClN2O. The van der Waals surface area contributed by atoms with E-state index in [1.165, 1.54) is 0 Å². The molecule has 0 radical (unpaired) electrons. The van der Waals surface area contributed by atoms with Gasteiger partial charge in [-0.2, -0.15) is 5.10 Å². The van der Waals surface area contributed by atoms with E-state index < -0.39 is 6.10 Å². The van der Waals surface area contributed by atoms with Gasteiger partial charge in [0.25, 0.3) is 0 Å². The number of aromatic nitrogens is 2. The van der Waals surface area contributed by atoms with E-state index in [-0.39, 0.29) is 0 Å². The molecule has 1 aromatic carbocycles. The molecule has 5 heteroatoms. The molecule has 0 aliphatic carbocycles. The number of halogens is 2. The zero-order chi connectivity index (χ0) is 13.3. The molecule has 0 spiro atoms. The lowest BCUT2D eigenvalue weighted by molar-refractivity contribution is 0.176. The van der Waals surface area contributed by atoms with Gasteiger partial charge in [-0.05, 0) is 24.6 Å². The van der Waals surface area contributed by atoms with Crippen LogP contribution < -0.4 is 0 Å². The molecule has 0 aliphatic rings. The van der Waals surface area contributed by atoms with Crippen LogP contribution in [0.2, 0.25) is 5.02 Å². The Balaban J connectivity index is 2.21. The van der Waals surface area contributed by atoms with Crippen LogP contribution in [0.4, 0.5) is 0 Å². The minimum atomic E-state index is -0.578. The van der Waals surface area contributed by atoms with Crippen molar-refractivity contribution in [2.45, 2.75) is 19.4 Å². The fourth-order valence-electron chi connectivity index (χ4n) is 1.89. The van der Waals surface area contributed by atoms with Crippen molar-refractivity contribution in [1.82, 2.24) is 9.78 Å². The predicted octanol–water partition coefficient (Wildman–Crippen LogP) is 3.42. The first-order chi connectivity index (χ1) is 8.49. The van der Waals surface area contributed by atoms with Gasteiger partial charge in [-0.15, -0.1) is 0 Å². The standard InChI is InChI=1S/C13H14BrClN2O/c1-8-13(15)11(17(2)16-8)7-12(18)9-3-5-10(14)6-4-9/h3-6,12,18H,7H2,1-2H3. The number of aryl methyl sites for hydroxylation is 2. The summed E-state index contributed by atoms with van der Waals surface area (Å²) < 4.78 is 2.72. The fraction of sp³-hybridized carbons (Fsp3) is 0.308. The Hall–Kier alpha value is -0.840. The third-order valence-corrected chi connectivity index (χ3v) is 3.92. The summed E-state index contributed by atoms with van der Waals surface area (Å²) in [6.45, 7) is 1.86. The van der Waals surface area contributed by atoms with Gasteiger partial charge in [-0.3, -0.25) is 4.68 Å². The van der Waals surface area contributed by atoms with E-state index in [4.69, 9.17) is 11.6 Å². The van der Waals surface area contributed by atoms with E-state index in [0.29, 0.717) is 11.4 Å². The van der Waals surface area contributed by atoms with E-state index >= 15 is 0 Å². The second kappa shape index (κ2) is 5.43. The molecular weight excluding hydrogens is 316 g/mol. The van der Waals surface area contributed by atoms with Crippen molar-refractivity contribution in [3.8, 4) is 0 Å². The first-order valence-electron chi connectivity index (χ1n) is 5.60. The number of rotatable bonds is 3. The molecule has 1 unspecified atom stereocenters. The highest BCUT2D eigenvalue weighted by molar-refractivity contribution is 9.10. The molecule has 2 rings (SSSR count). The lowest BCUT2D eigenvalue weighted by Crippen LogP contribution is -2.06. The Kier molecular flexibility index (Phi) is 4.10. The van der Waals surface area contributed by atoms with Gasteiger partial charge in [0.2, 0.25) is 0 Å². The molecule has 0 aliphatic heterocycles. The zero-order valence-corrected chi connectivity index (χ0v) is 12.5. The van der Waals surface area contributed by atoms with Gasteiger partial charge in [0.1, 0.15) is 0 Å². The van der Waals surface area contributed by atoms with Crippen molar-refractivity contribution in [2.24, 2.45) is 7.05 Å². The number of nitrogens with zero attached hydrogens (tertiary/aromatic N) is 2. The molecule has 0 bridgehead atoms. The van der Waals surface area contributed by atoms with E-state index in [0.717, 1.165) is 21.4 Å². The Morgan fingerprint density at radius 2 is 2.00 bits per heavy atom. The second-order valence-corrected chi connectivity index (χ2v) is 5.53. The molecule has 1 heterocycles. The summed E-state index contributed by atoms with van der Waals surface area (Å²) in [6.07, 6.45) is -0.122. The van der Waals surface area contributed by atoms with Gasteiger partial charge >= 0.3 is 0 Å². The van der Waals surface area contributed by atoms with Crippen molar-refractivity contribution < 1.29 is 5.11 Å². The first kappa shape index (κ1) is 13.6. The summed E-state index contributed by atoms with van der Waals surface area (Å²) in [6, 6.07) is 7.61. The third kappa shape index (κ3) is 2.76. The summed E-state index contributed by atoms with van der Waals surface area (Å²) in [5.74, 6) is 0. The smallest absolute Gasteiger partial charge is 0.0848 e. The van der Waals surface area contributed by atoms with Crippen LogP contribution in [0, 0.1) is 6.92 Å². The van der Waals surface area contributed by atoms with Crippen LogP contribution in [0.1, 0.15) is 23.1 Å². The van der Waals surface area contributed by atoms with E-state index in [1.807, 2.05) is 38.2 Å². The maximum atomic E-state index is 10.2. The Morgan fingerprint density at radius 3 is 2.50 bits per heavy atom. The summed E-state index contributed by atoms with van der Waals surface area (Å²) in [7, 11) is 1.84. The van der Waals surface area contributed by atoms with Crippen LogP contribution in [0.25, 0.3) is 0 Å². The highest BCUT2D eigenvalue weighted by atomic mass is 79.9. The number of aliphatic hydroxyl groups is 1. The number of benzene rings is 1. The third-order valence-electron chi connectivity index (χ3n) is 2.90. The normalized spacial score (nSPS) is 12.7. The number of hydrogen-bond acceptors (Lipinski definition) is 2.